The minimum Gasteiger partial charge on any atom is -0.497 e. The van der Waals surface area contributed by atoms with Crippen LogP contribution in [0.4, 0.5) is 9.59 Å². The number of piperazine rings is 1. The average Bonchev–Trinajstić information content (AvgIpc) is 2.87. The maximum Gasteiger partial charge on any atom is 0.338 e. The fraction of sp³-hybridized carbons (Fsp3) is 0.593. The Morgan fingerprint density at radius 3 is 2.47 bits per heavy atom. The number of ether oxygens (including phenoxy) is 3. The van der Waals surface area contributed by atoms with Gasteiger partial charge in [-0.2, -0.15) is 0 Å². The van der Waals surface area contributed by atoms with E-state index in [0.717, 1.165) is 0 Å². The molecule has 4 amide bonds. The van der Waals surface area contributed by atoms with Crippen molar-refractivity contribution in [3.05, 3.63) is 35.0 Å². The van der Waals surface area contributed by atoms with E-state index in [4.69, 9.17) is 14.2 Å². The zero-order valence-electron chi connectivity index (χ0n) is 23.5. The minimum atomic E-state index is -0.792. The molecule has 1 saturated heterocycles. The Labute approximate surface area is 225 Å². The van der Waals surface area contributed by atoms with Crippen LogP contribution in [0.5, 0.6) is 11.5 Å². The molecule has 1 aromatic rings. The van der Waals surface area contributed by atoms with Crippen LogP contribution in [0.1, 0.15) is 46.2 Å². The van der Waals surface area contributed by atoms with E-state index < -0.39 is 12.0 Å². The predicted octanol–water partition coefficient (Wildman–Crippen LogP) is 2.73. The number of carbonyl (C=O) groups excluding carboxylic acids is 3. The van der Waals surface area contributed by atoms with Crippen molar-refractivity contribution in [2.75, 3.05) is 53.6 Å². The quantitative estimate of drug-likeness (QED) is 0.471. The highest BCUT2D eigenvalue weighted by atomic mass is 16.5. The lowest BCUT2D eigenvalue weighted by Gasteiger charge is -2.43. The molecule has 1 aromatic carbocycles. The van der Waals surface area contributed by atoms with Crippen molar-refractivity contribution < 1.29 is 28.6 Å². The topological polar surface area (TPSA) is 113 Å². The van der Waals surface area contributed by atoms with Crippen molar-refractivity contribution in [2.45, 2.75) is 52.7 Å². The molecular formula is C27H41N5O6. The molecule has 0 radical (unpaired) electrons. The zero-order chi connectivity index (χ0) is 28.0. The van der Waals surface area contributed by atoms with Crippen LogP contribution in [0.2, 0.25) is 0 Å². The van der Waals surface area contributed by atoms with Crippen LogP contribution < -0.4 is 20.1 Å². The summed E-state index contributed by atoms with van der Waals surface area (Å²) in [5.74, 6) is 0.585. The molecule has 0 bridgehead atoms. The van der Waals surface area contributed by atoms with Crippen molar-refractivity contribution in [2.24, 2.45) is 0 Å². The number of carbonyl (C=O) groups is 3. The molecule has 2 heterocycles. The Bertz CT molecular complexity index is 1060. The van der Waals surface area contributed by atoms with Gasteiger partial charge >= 0.3 is 18.0 Å². The monoisotopic (exact) mass is 531 g/mol. The molecule has 2 atom stereocenters. The van der Waals surface area contributed by atoms with Gasteiger partial charge in [-0.1, -0.05) is 0 Å². The van der Waals surface area contributed by atoms with Gasteiger partial charge in [-0.15, -0.1) is 0 Å². The Balaban J connectivity index is 2.02. The number of methoxy groups -OCH3 is 2. The number of nitrogens with zero attached hydrogens (tertiary/aromatic N) is 3. The third kappa shape index (κ3) is 6.32. The molecule has 2 N–H and O–H groups in total. The molecule has 38 heavy (non-hydrogen) atoms. The van der Waals surface area contributed by atoms with E-state index in [0.29, 0.717) is 61.1 Å². The Hall–Kier alpha value is -3.47. The number of rotatable bonds is 9. The molecule has 3 rings (SSSR count). The van der Waals surface area contributed by atoms with Crippen molar-refractivity contribution >= 4 is 18.0 Å². The number of esters is 1. The van der Waals surface area contributed by atoms with Gasteiger partial charge in [-0.3, -0.25) is 9.80 Å². The van der Waals surface area contributed by atoms with E-state index in [1.165, 1.54) is 0 Å². The van der Waals surface area contributed by atoms with E-state index >= 15 is 0 Å². The normalized spacial score (nSPS) is 20.4. The zero-order valence-corrected chi connectivity index (χ0v) is 23.5. The summed E-state index contributed by atoms with van der Waals surface area (Å²) in [4.78, 5) is 45.0. The molecule has 2 aliphatic heterocycles. The Kier molecular flexibility index (Phi) is 9.84. The third-order valence-corrected chi connectivity index (χ3v) is 6.76. The number of hydrogen-bond donors (Lipinski definition) is 2. The van der Waals surface area contributed by atoms with Gasteiger partial charge in [0.2, 0.25) is 0 Å². The predicted molar refractivity (Wildman–Crippen MR) is 143 cm³/mol. The van der Waals surface area contributed by atoms with Gasteiger partial charge in [0.05, 0.1) is 32.4 Å². The van der Waals surface area contributed by atoms with Crippen LogP contribution >= 0.6 is 0 Å². The summed E-state index contributed by atoms with van der Waals surface area (Å²) in [6, 6.07) is 4.08. The Morgan fingerprint density at radius 1 is 1.16 bits per heavy atom. The maximum absolute atomic E-state index is 13.5. The highest BCUT2D eigenvalue weighted by Gasteiger charge is 2.40. The molecule has 11 nitrogen and oxygen atoms in total. The molecule has 210 valence electrons. The lowest BCUT2D eigenvalue weighted by Crippen LogP contribution is -2.58. The minimum absolute atomic E-state index is 0.0455. The first kappa shape index (κ1) is 29.1. The summed E-state index contributed by atoms with van der Waals surface area (Å²) >= 11 is 0. The number of hydrogen-bond acceptors (Lipinski definition) is 7. The summed E-state index contributed by atoms with van der Waals surface area (Å²) in [5.41, 5.74) is 1.53. The number of nitrogens with one attached hydrogen (secondary N) is 2. The maximum atomic E-state index is 13.5. The van der Waals surface area contributed by atoms with Crippen LogP contribution in [0, 0.1) is 0 Å². The first-order chi connectivity index (χ1) is 18.1. The molecule has 11 heteroatoms. The van der Waals surface area contributed by atoms with Gasteiger partial charge in [0.15, 0.2) is 0 Å². The van der Waals surface area contributed by atoms with Crippen LogP contribution in [-0.2, 0) is 9.53 Å². The highest BCUT2D eigenvalue weighted by molar-refractivity contribution is 5.95. The summed E-state index contributed by atoms with van der Waals surface area (Å²) in [6.07, 6.45) is 0. The molecular weight excluding hydrogens is 490 g/mol. The highest BCUT2D eigenvalue weighted by Crippen LogP contribution is 2.38. The lowest BCUT2D eigenvalue weighted by atomic mass is 9.93. The second-order valence-electron chi connectivity index (χ2n) is 9.70. The van der Waals surface area contributed by atoms with Gasteiger partial charge in [-0.25, -0.2) is 14.4 Å². The number of benzene rings is 1. The largest absolute Gasteiger partial charge is 0.497 e. The molecule has 0 spiro atoms. The van der Waals surface area contributed by atoms with Crippen molar-refractivity contribution in [3.63, 3.8) is 0 Å². The number of amides is 4. The van der Waals surface area contributed by atoms with Gasteiger partial charge in [-0.05, 0) is 52.8 Å². The first-order valence-corrected chi connectivity index (χ1v) is 13.1. The standard InChI is InChI=1S/C27H41N5O6/c1-8-31-21(16-30-12-13-32(18(5)15-30)26(34)28-17(3)4)23(25(33)38-9-2)24(29-27(31)35)20-14-19(36-6)10-11-22(20)37-7/h10-11,14,17-18,24H,8-9,12-13,15-16H2,1-7H3,(H,28,34)(H,29,35)/t18-,24+/m1/s1. The van der Waals surface area contributed by atoms with E-state index in [-0.39, 0.29) is 30.8 Å². The molecule has 0 aromatic heterocycles. The van der Waals surface area contributed by atoms with Crippen molar-refractivity contribution in [1.82, 2.24) is 25.3 Å². The molecule has 1 fully saturated rings. The van der Waals surface area contributed by atoms with E-state index in [9.17, 15) is 14.4 Å². The smallest absolute Gasteiger partial charge is 0.338 e. The second kappa shape index (κ2) is 12.9. The van der Waals surface area contributed by atoms with Gasteiger partial charge in [0, 0.05) is 56.1 Å². The lowest BCUT2D eigenvalue weighted by molar-refractivity contribution is -0.139. The van der Waals surface area contributed by atoms with Crippen molar-refractivity contribution in [1.29, 1.82) is 0 Å². The summed E-state index contributed by atoms with van der Waals surface area (Å²) in [7, 11) is 3.10. The third-order valence-electron chi connectivity index (χ3n) is 6.76. The van der Waals surface area contributed by atoms with Crippen LogP contribution in [0.15, 0.2) is 29.5 Å². The van der Waals surface area contributed by atoms with E-state index in [1.807, 2.05) is 32.6 Å². The SMILES string of the molecule is CCOC(=O)C1=C(CN2CCN(C(=O)NC(C)C)[C@H](C)C2)N(CC)C(=O)N[C@H]1c1cc(OC)ccc1OC. The van der Waals surface area contributed by atoms with E-state index in [2.05, 4.69) is 15.5 Å². The summed E-state index contributed by atoms with van der Waals surface area (Å²) in [6.45, 7) is 12.1. The van der Waals surface area contributed by atoms with Crippen LogP contribution in [0.3, 0.4) is 0 Å². The number of urea groups is 2. The van der Waals surface area contributed by atoms with Gasteiger partial charge in [0.1, 0.15) is 11.5 Å². The average molecular weight is 532 g/mol. The summed E-state index contributed by atoms with van der Waals surface area (Å²) < 4.78 is 16.5. The number of likely N-dealkylation sites (N-methyl/N-ethyl adjacent to an activating group) is 1. The van der Waals surface area contributed by atoms with E-state index in [1.54, 1.807) is 44.2 Å². The molecule has 2 aliphatic rings. The molecule has 0 saturated carbocycles. The van der Waals surface area contributed by atoms with Crippen LogP contribution in [0.25, 0.3) is 0 Å². The second-order valence-corrected chi connectivity index (χ2v) is 9.70. The van der Waals surface area contributed by atoms with Crippen LogP contribution in [-0.4, -0.2) is 98.4 Å². The fourth-order valence-electron chi connectivity index (χ4n) is 4.98. The molecule has 0 unspecified atom stereocenters. The van der Waals surface area contributed by atoms with Gasteiger partial charge < -0.3 is 29.7 Å². The molecule has 0 aliphatic carbocycles. The fourth-order valence-corrected chi connectivity index (χ4v) is 4.98. The first-order valence-electron chi connectivity index (χ1n) is 13.1. The Morgan fingerprint density at radius 2 is 1.89 bits per heavy atom. The summed E-state index contributed by atoms with van der Waals surface area (Å²) in [5, 5.41) is 5.93. The van der Waals surface area contributed by atoms with Crippen molar-refractivity contribution in [3.8, 4) is 11.5 Å². The van der Waals surface area contributed by atoms with Gasteiger partial charge in [0.25, 0.3) is 0 Å².